The number of carbonyl (C=O) groups is 2. The van der Waals surface area contributed by atoms with E-state index in [0.717, 1.165) is 54.5 Å². The maximum absolute atomic E-state index is 14.4. The minimum atomic E-state index is -4.66. The minimum Gasteiger partial charge on any atom is -0.486 e. The zero-order valence-electron chi connectivity index (χ0n) is 23.3. The topological polar surface area (TPSA) is 80.8 Å². The van der Waals surface area contributed by atoms with Crippen molar-refractivity contribution in [3.8, 4) is 11.5 Å². The molecule has 222 valence electrons. The summed E-state index contributed by atoms with van der Waals surface area (Å²) in [5, 5.41) is 3.83. The predicted octanol–water partition coefficient (Wildman–Crippen LogP) is 6.86. The second kappa shape index (κ2) is 11.9. The molecule has 2 aliphatic rings. The van der Waals surface area contributed by atoms with Crippen LogP contribution in [-0.2, 0) is 11.0 Å². The number of carbonyl (C=O) groups excluding carboxylic acids is 2. The van der Waals surface area contributed by atoms with Crippen molar-refractivity contribution in [1.82, 2.24) is 10.3 Å². The van der Waals surface area contributed by atoms with Gasteiger partial charge in [-0.1, -0.05) is 37.5 Å². The summed E-state index contributed by atoms with van der Waals surface area (Å²) < 4.78 is 52.9. The Hall–Kier alpha value is -4.60. The lowest BCUT2D eigenvalue weighted by Gasteiger charge is -2.34. The predicted molar refractivity (Wildman–Crippen MR) is 155 cm³/mol. The average molecular weight is 590 g/mol. The number of alkyl halides is 3. The molecule has 0 spiro atoms. The number of hydrogen-bond acceptors (Lipinski definition) is 5. The number of amides is 2. The molecular weight excluding hydrogens is 559 g/mol. The van der Waals surface area contributed by atoms with Crippen LogP contribution in [0.5, 0.6) is 11.5 Å². The molecule has 1 aliphatic carbocycles. The first kappa shape index (κ1) is 28.5. The summed E-state index contributed by atoms with van der Waals surface area (Å²) in [6.07, 6.45) is 1.58. The van der Waals surface area contributed by atoms with Crippen molar-refractivity contribution in [2.75, 3.05) is 18.1 Å². The Balaban J connectivity index is 1.51. The van der Waals surface area contributed by atoms with Crippen LogP contribution >= 0.6 is 0 Å². The average Bonchev–Trinajstić information content (AvgIpc) is 3.03. The highest BCUT2D eigenvalue weighted by Gasteiger charge is 2.37. The van der Waals surface area contributed by atoms with Crippen molar-refractivity contribution in [1.29, 1.82) is 0 Å². The molecule has 0 saturated heterocycles. The van der Waals surface area contributed by atoms with E-state index < -0.39 is 29.6 Å². The van der Waals surface area contributed by atoms with E-state index in [1.807, 2.05) is 6.07 Å². The first-order valence-corrected chi connectivity index (χ1v) is 14.3. The highest BCUT2D eigenvalue weighted by atomic mass is 19.4. The lowest BCUT2D eigenvalue weighted by molar-refractivity contribution is -0.137. The molecule has 1 aromatic heterocycles. The van der Waals surface area contributed by atoms with Crippen LogP contribution in [0.15, 0.2) is 79.0 Å². The third kappa shape index (κ3) is 6.14. The number of nitrogens with zero attached hydrogens (tertiary/aromatic N) is 2. The summed E-state index contributed by atoms with van der Waals surface area (Å²) in [6.45, 7) is 0.649. The van der Waals surface area contributed by atoms with E-state index in [-0.39, 0.29) is 17.3 Å². The Morgan fingerprint density at radius 3 is 2.47 bits per heavy atom. The molecule has 0 bridgehead atoms. The largest absolute Gasteiger partial charge is 0.486 e. The summed E-state index contributed by atoms with van der Waals surface area (Å²) >= 11 is 0. The normalized spacial score (nSPS) is 16.0. The van der Waals surface area contributed by atoms with Gasteiger partial charge in [0, 0.05) is 28.9 Å². The number of rotatable bonds is 6. The Bertz CT molecular complexity index is 1650. The van der Waals surface area contributed by atoms with Crippen LogP contribution in [0.25, 0.3) is 10.9 Å². The van der Waals surface area contributed by atoms with E-state index in [2.05, 4.69) is 10.3 Å². The van der Waals surface area contributed by atoms with E-state index in [4.69, 9.17) is 9.47 Å². The Morgan fingerprint density at radius 2 is 1.67 bits per heavy atom. The number of anilines is 1. The summed E-state index contributed by atoms with van der Waals surface area (Å²) in [5.74, 6) is -0.326. The molecule has 43 heavy (non-hydrogen) atoms. The molecule has 0 unspecified atom stereocenters. The van der Waals surface area contributed by atoms with Crippen LogP contribution in [0, 0.1) is 0 Å². The number of aromatic nitrogens is 1. The van der Waals surface area contributed by atoms with Gasteiger partial charge in [0.25, 0.3) is 5.91 Å². The number of nitrogens with one attached hydrogen (secondary N) is 1. The van der Waals surface area contributed by atoms with Crippen molar-refractivity contribution in [2.24, 2.45) is 0 Å². The lowest BCUT2D eigenvalue weighted by atomic mass is 9.94. The zero-order chi connectivity index (χ0) is 30.0. The van der Waals surface area contributed by atoms with Crippen molar-refractivity contribution in [2.45, 2.75) is 50.4 Å². The number of benzene rings is 3. The quantitative estimate of drug-likeness (QED) is 0.266. The van der Waals surface area contributed by atoms with Gasteiger partial charge in [0.1, 0.15) is 19.3 Å². The summed E-state index contributed by atoms with van der Waals surface area (Å²) in [4.78, 5) is 34.2. The first-order chi connectivity index (χ1) is 20.8. The van der Waals surface area contributed by atoms with E-state index in [1.54, 1.807) is 36.5 Å². The van der Waals surface area contributed by atoms with Crippen LogP contribution in [0.2, 0.25) is 0 Å². The number of halogens is 3. The standard InChI is InChI=1S/C33H30F3N3O4/c34-33(35,36)24-7-4-10-26(20-24)39(32(41)23-12-14-28-29(19-23)43-17-16-42-28)30(31(40)38-25-8-2-1-3-9-25)22-11-13-27-21(18-22)6-5-15-37-27/h4-7,10-15,18-20,25,30H,1-3,8-9,16-17H2,(H,38,40)/t30-/m0/s1. The smallest absolute Gasteiger partial charge is 0.416 e. The number of fused-ring (bicyclic) bond motifs is 2. The SMILES string of the molecule is O=C(NC1CCCCC1)[C@H](c1ccc2ncccc2c1)N(C(=O)c1ccc2c(c1)OCCO2)c1cccc(C(F)(F)F)c1. The highest BCUT2D eigenvalue weighted by Crippen LogP contribution is 2.38. The van der Waals surface area contributed by atoms with Crippen LogP contribution in [0.4, 0.5) is 18.9 Å². The van der Waals surface area contributed by atoms with Crippen molar-refractivity contribution in [3.05, 3.63) is 95.7 Å². The zero-order valence-corrected chi connectivity index (χ0v) is 23.3. The van der Waals surface area contributed by atoms with Gasteiger partial charge in [0.15, 0.2) is 11.5 Å². The van der Waals surface area contributed by atoms with Gasteiger partial charge in [0.2, 0.25) is 5.91 Å². The molecule has 1 atom stereocenters. The number of pyridine rings is 1. The van der Waals surface area contributed by atoms with E-state index in [1.165, 1.54) is 24.3 Å². The monoisotopic (exact) mass is 589 g/mol. The molecule has 1 saturated carbocycles. The molecule has 0 radical (unpaired) electrons. The fraction of sp³-hybridized carbons (Fsp3) is 0.303. The number of ether oxygens (including phenoxy) is 2. The maximum atomic E-state index is 14.4. The second-order valence-corrected chi connectivity index (χ2v) is 10.8. The molecule has 1 aliphatic heterocycles. The van der Waals surface area contributed by atoms with Crippen LogP contribution in [0.1, 0.15) is 59.6 Å². The minimum absolute atomic E-state index is 0.0650. The summed E-state index contributed by atoms with van der Waals surface area (Å²) in [6, 6.07) is 16.5. The molecule has 1 N–H and O–H groups in total. The van der Waals surface area contributed by atoms with E-state index >= 15 is 0 Å². The molecule has 4 aromatic rings. The van der Waals surface area contributed by atoms with E-state index in [9.17, 15) is 22.8 Å². The van der Waals surface area contributed by atoms with E-state index in [0.29, 0.717) is 35.8 Å². The Labute approximate surface area is 246 Å². The van der Waals surface area contributed by atoms with Crippen LogP contribution < -0.4 is 19.7 Å². The second-order valence-electron chi connectivity index (χ2n) is 10.8. The van der Waals surface area contributed by atoms with Crippen LogP contribution in [-0.4, -0.2) is 36.1 Å². The molecule has 3 aromatic carbocycles. The fourth-order valence-electron chi connectivity index (χ4n) is 5.74. The van der Waals surface area contributed by atoms with Crippen LogP contribution in [0.3, 0.4) is 0 Å². The molecule has 10 heteroatoms. The summed E-state index contributed by atoms with van der Waals surface area (Å²) in [5.41, 5.74) is 0.266. The lowest BCUT2D eigenvalue weighted by Crippen LogP contribution is -2.47. The van der Waals surface area contributed by atoms with Gasteiger partial charge in [-0.2, -0.15) is 13.2 Å². The van der Waals surface area contributed by atoms with Gasteiger partial charge in [-0.3, -0.25) is 19.5 Å². The van der Waals surface area contributed by atoms with Crippen molar-refractivity contribution in [3.63, 3.8) is 0 Å². The van der Waals surface area contributed by atoms with Gasteiger partial charge >= 0.3 is 6.18 Å². The van der Waals surface area contributed by atoms with Gasteiger partial charge < -0.3 is 14.8 Å². The van der Waals surface area contributed by atoms with Gasteiger partial charge in [0.05, 0.1) is 11.1 Å². The molecule has 7 nitrogen and oxygen atoms in total. The molecular formula is C33H30F3N3O4. The number of hydrogen-bond donors (Lipinski definition) is 1. The first-order valence-electron chi connectivity index (χ1n) is 14.3. The molecule has 2 heterocycles. The third-order valence-electron chi connectivity index (χ3n) is 7.86. The summed E-state index contributed by atoms with van der Waals surface area (Å²) in [7, 11) is 0. The maximum Gasteiger partial charge on any atom is 0.416 e. The molecule has 6 rings (SSSR count). The third-order valence-corrected chi connectivity index (χ3v) is 7.86. The van der Waals surface area contributed by atoms with Gasteiger partial charge in [-0.15, -0.1) is 0 Å². The highest BCUT2D eigenvalue weighted by molar-refractivity contribution is 6.10. The van der Waals surface area contributed by atoms with Gasteiger partial charge in [-0.05, 0) is 73.0 Å². The van der Waals surface area contributed by atoms with Crippen molar-refractivity contribution < 1.29 is 32.2 Å². The Morgan fingerprint density at radius 1 is 0.884 bits per heavy atom. The van der Waals surface area contributed by atoms with Crippen molar-refractivity contribution >= 4 is 28.4 Å². The van der Waals surface area contributed by atoms with Gasteiger partial charge in [-0.25, -0.2) is 0 Å². The molecule has 1 fully saturated rings. The molecule has 2 amide bonds. The Kier molecular flexibility index (Phi) is 7.92. The fourth-order valence-corrected chi connectivity index (χ4v) is 5.74.